The number of carboxylic acid groups (broad SMARTS) is 1. The lowest BCUT2D eigenvalue weighted by atomic mass is 9.98. The van der Waals surface area contributed by atoms with E-state index in [1.165, 1.54) is 0 Å². The Balaban J connectivity index is 2.25. The Morgan fingerprint density at radius 1 is 1.40 bits per heavy atom. The van der Waals surface area contributed by atoms with Crippen molar-refractivity contribution in [2.24, 2.45) is 0 Å². The summed E-state index contributed by atoms with van der Waals surface area (Å²) in [7, 11) is -3.39. The Morgan fingerprint density at radius 2 is 2.08 bits per heavy atom. The minimum Gasteiger partial charge on any atom is -0.481 e. The number of aryl methyl sites for hydroxylation is 1. The van der Waals surface area contributed by atoms with E-state index in [4.69, 9.17) is 14.4 Å². The summed E-state index contributed by atoms with van der Waals surface area (Å²) in [5, 5.41) is 15.0. The van der Waals surface area contributed by atoms with Crippen LogP contribution in [0.25, 0.3) is 0 Å². The van der Waals surface area contributed by atoms with Crippen molar-refractivity contribution in [3.05, 3.63) is 11.7 Å². The molecule has 0 aliphatic carbocycles. The van der Waals surface area contributed by atoms with Gasteiger partial charge >= 0.3 is 12.1 Å². The highest BCUT2D eigenvalue weighted by atomic mass is 32.2. The van der Waals surface area contributed by atoms with Crippen molar-refractivity contribution in [3.63, 3.8) is 0 Å². The van der Waals surface area contributed by atoms with Crippen LogP contribution in [-0.2, 0) is 31.3 Å². The average molecular weight is 375 g/mol. The summed E-state index contributed by atoms with van der Waals surface area (Å²) in [6.07, 6.45) is -0.905. The molecule has 10 nitrogen and oxygen atoms in total. The van der Waals surface area contributed by atoms with Crippen molar-refractivity contribution in [1.82, 2.24) is 15.5 Å². The monoisotopic (exact) mass is 375 g/mol. The van der Waals surface area contributed by atoms with Crippen molar-refractivity contribution >= 4 is 21.9 Å². The quantitative estimate of drug-likeness (QED) is 0.755. The lowest BCUT2D eigenvalue weighted by Crippen LogP contribution is -2.49. The molecule has 25 heavy (non-hydrogen) atoms. The maximum Gasteiger partial charge on any atom is 0.408 e. The van der Waals surface area contributed by atoms with Gasteiger partial charge in [0.05, 0.1) is 17.9 Å². The van der Waals surface area contributed by atoms with Crippen molar-refractivity contribution in [2.75, 3.05) is 11.5 Å². The minimum absolute atomic E-state index is 0.000164. The average Bonchev–Trinajstić information content (AvgIpc) is 3.00. The second-order valence-electron chi connectivity index (χ2n) is 6.96. The largest absolute Gasteiger partial charge is 0.481 e. The number of rotatable bonds is 5. The molecular formula is C14H21N3O7S. The smallest absolute Gasteiger partial charge is 0.408 e. The molecule has 2 rings (SSSR count). The SMILES string of the molecule is CC(C)(C)OC(=O)NC1(c2noc(CCC(=O)O)n2)CCS(=O)(=O)C1. The molecule has 1 aliphatic rings. The Hall–Kier alpha value is -2.17. The zero-order chi connectivity index (χ0) is 18.9. The Bertz CT molecular complexity index is 766. The zero-order valence-corrected chi connectivity index (χ0v) is 15.1. The molecule has 1 aliphatic heterocycles. The van der Waals surface area contributed by atoms with E-state index in [9.17, 15) is 18.0 Å². The van der Waals surface area contributed by atoms with E-state index in [1.54, 1.807) is 20.8 Å². The lowest BCUT2D eigenvalue weighted by Gasteiger charge is -2.28. The number of carboxylic acids is 1. The van der Waals surface area contributed by atoms with Gasteiger partial charge in [0, 0.05) is 6.42 Å². The van der Waals surface area contributed by atoms with Gasteiger partial charge in [0.2, 0.25) is 5.89 Å². The number of aromatic nitrogens is 2. The molecule has 0 aromatic carbocycles. The van der Waals surface area contributed by atoms with E-state index >= 15 is 0 Å². The molecule has 1 fully saturated rings. The highest BCUT2D eigenvalue weighted by Crippen LogP contribution is 2.32. The number of nitrogens with one attached hydrogen (secondary N) is 1. The summed E-state index contributed by atoms with van der Waals surface area (Å²) in [6.45, 7) is 5.05. The van der Waals surface area contributed by atoms with Gasteiger partial charge in [0.25, 0.3) is 0 Å². The molecule has 1 amide bonds. The molecule has 0 spiro atoms. The summed E-state index contributed by atoms with van der Waals surface area (Å²) in [4.78, 5) is 26.8. The van der Waals surface area contributed by atoms with Crippen LogP contribution in [0.2, 0.25) is 0 Å². The molecular weight excluding hydrogens is 354 g/mol. The Kier molecular flexibility index (Phi) is 5.07. The second-order valence-corrected chi connectivity index (χ2v) is 9.14. The first-order valence-electron chi connectivity index (χ1n) is 7.67. The third-order valence-electron chi connectivity index (χ3n) is 3.50. The first kappa shape index (κ1) is 19.2. The molecule has 0 saturated carbocycles. The predicted octanol–water partition coefficient (Wildman–Crippen LogP) is 0.625. The number of hydrogen-bond donors (Lipinski definition) is 2. The van der Waals surface area contributed by atoms with Gasteiger partial charge in [-0.3, -0.25) is 4.79 Å². The van der Waals surface area contributed by atoms with Crippen LogP contribution in [-0.4, -0.2) is 52.8 Å². The van der Waals surface area contributed by atoms with E-state index in [0.717, 1.165) is 0 Å². The van der Waals surface area contributed by atoms with Gasteiger partial charge in [0.1, 0.15) is 11.1 Å². The van der Waals surface area contributed by atoms with Gasteiger partial charge < -0.3 is 19.7 Å². The van der Waals surface area contributed by atoms with Crippen molar-refractivity contribution in [3.8, 4) is 0 Å². The van der Waals surface area contributed by atoms with E-state index in [0.29, 0.717) is 0 Å². The number of nitrogens with zero attached hydrogens (tertiary/aromatic N) is 2. The standard InChI is InChI=1S/C14H21N3O7S/c1-13(2,3)23-12(20)16-14(6-7-25(21,22)8-14)11-15-9(24-17-11)4-5-10(18)19/h4-8H2,1-3H3,(H,16,20)(H,18,19). The molecule has 1 atom stereocenters. The number of alkyl carbamates (subject to hydrolysis) is 1. The molecule has 0 bridgehead atoms. The van der Waals surface area contributed by atoms with Crippen LogP contribution in [0.4, 0.5) is 4.79 Å². The fourth-order valence-corrected chi connectivity index (χ4v) is 4.34. The summed E-state index contributed by atoms with van der Waals surface area (Å²) >= 11 is 0. The van der Waals surface area contributed by atoms with Crippen LogP contribution < -0.4 is 5.32 Å². The maximum atomic E-state index is 12.1. The Morgan fingerprint density at radius 3 is 2.60 bits per heavy atom. The molecule has 1 saturated heterocycles. The molecule has 11 heteroatoms. The van der Waals surface area contributed by atoms with Gasteiger partial charge in [-0.05, 0) is 27.2 Å². The van der Waals surface area contributed by atoms with Gasteiger partial charge in [0.15, 0.2) is 15.7 Å². The van der Waals surface area contributed by atoms with Gasteiger partial charge in [-0.25, -0.2) is 13.2 Å². The van der Waals surface area contributed by atoms with Crippen molar-refractivity contribution in [2.45, 2.75) is 51.2 Å². The van der Waals surface area contributed by atoms with E-state index in [2.05, 4.69) is 15.5 Å². The summed E-state index contributed by atoms with van der Waals surface area (Å²) < 4.78 is 34.1. The molecule has 0 radical (unpaired) electrons. The number of amides is 1. The molecule has 1 aromatic rings. The highest BCUT2D eigenvalue weighted by Gasteiger charge is 2.49. The maximum absolute atomic E-state index is 12.1. The third kappa shape index (κ3) is 5.15. The summed E-state index contributed by atoms with van der Waals surface area (Å²) in [5.74, 6) is -1.48. The van der Waals surface area contributed by atoms with E-state index in [1.807, 2.05) is 0 Å². The molecule has 1 aromatic heterocycles. The van der Waals surface area contributed by atoms with Crippen LogP contribution in [0, 0.1) is 0 Å². The van der Waals surface area contributed by atoms with E-state index < -0.39 is 33.0 Å². The fraction of sp³-hybridized carbons (Fsp3) is 0.714. The first-order valence-corrected chi connectivity index (χ1v) is 9.49. The van der Waals surface area contributed by atoms with Gasteiger partial charge in [-0.1, -0.05) is 5.16 Å². The highest BCUT2D eigenvalue weighted by molar-refractivity contribution is 7.91. The number of hydrogen-bond acceptors (Lipinski definition) is 8. The predicted molar refractivity (Wildman–Crippen MR) is 84.6 cm³/mol. The Labute approximate surface area is 144 Å². The van der Waals surface area contributed by atoms with Crippen molar-refractivity contribution in [1.29, 1.82) is 0 Å². The normalized spacial score (nSPS) is 22.5. The zero-order valence-electron chi connectivity index (χ0n) is 14.2. The van der Waals surface area contributed by atoms with Crippen molar-refractivity contribution < 1.29 is 32.4 Å². The number of carbonyl (C=O) groups is 2. The number of ether oxygens (including phenoxy) is 1. The number of sulfone groups is 1. The van der Waals surface area contributed by atoms with E-state index in [-0.39, 0.29) is 42.5 Å². The minimum atomic E-state index is -3.39. The van der Waals surface area contributed by atoms with Gasteiger partial charge in [-0.2, -0.15) is 4.98 Å². The number of aliphatic carboxylic acids is 1. The van der Waals surface area contributed by atoms with Crippen LogP contribution in [0.3, 0.4) is 0 Å². The summed E-state index contributed by atoms with van der Waals surface area (Å²) in [5.41, 5.74) is -2.11. The lowest BCUT2D eigenvalue weighted by molar-refractivity contribution is -0.137. The first-order chi connectivity index (χ1) is 11.4. The molecule has 140 valence electrons. The molecule has 2 N–H and O–H groups in total. The number of carbonyl (C=O) groups excluding carboxylic acids is 1. The molecule has 1 unspecified atom stereocenters. The fourth-order valence-electron chi connectivity index (χ4n) is 2.44. The van der Waals surface area contributed by atoms with Crippen LogP contribution >= 0.6 is 0 Å². The van der Waals surface area contributed by atoms with Crippen LogP contribution in [0.15, 0.2) is 4.52 Å². The summed E-state index contributed by atoms with van der Waals surface area (Å²) in [6, 6.07) is 0. The molecule has 2 heterocycles. The third-order valence-corrected chi connectivity index (χ3v) is 5.25. The van der Waals surface area contributed by atoms with Crippen LogP contribution in [0.5, 0.6) is 0 Å². The van der Waals surface area contributed by atoms with Gasteiger partial charge in [-0.15, -0.1) is 0 Å². The topological polar surface area (TPSA) is 149 Å². The second kappa shape index (κ2) is 6.62. The van der Waals surface area contributed by atoms with Crippen LogP contribution in [0.1, 0.15) is 45.3 Å².